The first-order valence-corrected chi connectivity index (χ1v) is 10.9. The van der Waals surface area contributed by atoms with Crippen LogP contribution < -0.4 is 15.4 Å². The largest absolute Gasteiger partial charge is 0.488 e. The van der Waals surface area contributed by atoms with E-state index in [-0.39, 0.29) is 30.1 Å². The first-order chi connectivity index (χ1) is 13.2. The number of fused-ring (bicyclic) bond motifs is 1. The Balaban J connectivity index is 0.00000280. The van der Waals surface area contributed by atoms with Crippen molar-refractivity contribution in [2.24, 2.45) is 4.99 Å². The number of guanidine groups is 1. The molecule has 2 N–H and O–H groups in total. The molecule has 0 saturated heterocycles. The molecule has 2 unspecified atom stereocenters. The van der Waals surface area contributed by atoms with Gasteiger partial charge in [0.05, 0.1) is 6.54 Å². The van der Waals surface area contributed by atoms with Gasteiger partial charge in [0.1, 0.15) is 11.9 Å². The monoisotopic (exact) mass is 513 g/mol. The molecule has 0 aromatic heterocycles. The summed E-state index contributed by atoms with van der Waals surface area (Å²) in [6.07, 6.45) is 0.963. The maximum absolute atomic E-state index is 12.2. The Morgan fingerprint density at radius 2 is 1.89 bits per heavy atom. The minimum absolute atomic E-state index is 0. The van der Waals surface area contributed by atoms with Gasteiger partial charge < -0.3 is 15.4 Å². The van der Waals surface area contributed by atoms with Gasteiger partial charge in [-0.25, -0.2) is 4.99 Å². The summed E-state index contributed by atoms with van der Waals surface area (Å²) in [5.41, 5.74) is 2.35. The van der Waals surface area contributed by atoms with E-state index in [2.05, 4.69) is 21.7 Å². The number of nitrogens with one attached hydrogen (secondary N) is 2. The quantitative estimate of drug-likeness (QED) is 0.324. The molecule has 0 bridgehead atoms. The van der Waals surface area contributed by atoms with Crippen molar-refractivity contribution in [3.63, 3.8) is 0 Å². The summed E-state index contributed by atoms with van der Waals surface area (Å²) in [4.78, 5) is 4.63. The third-order valence-electron chi connectivity index (χ3n) is 4.30. The number of para-hydroxylation sites is 1. The van der Waals surface area contributed by atoms with Crippen LogP contribution in [0, 0.1) is 0 Å². The lowest BCUT2D eigenvalue weighted by atomic mass is 10.1. The molecule has 0 fully saturated rings. The van der Waals surface area contributed by atoms with Crippen LogP contribution >= 0.6 is 24.0 Å². The second-order valence-electron chi connectivity index (χ2n) is 6.47. The van der Waals surface area contributed by atoms with Gasteiger partial charge >= 0.3 is 0 Å². The first-order valence-electron chi connectivity index (χ1n) is 9.40. The number of rotatable bonds is 8. The maximum Gasteiger partial charge on any atom is 0.191 e. The van der Waals surface area contributed by atoms with Crippen LogP contribution in [-0.4, -0.2) is 41.7 Å². The number of hydrogen-bond acceptors (Lipinski definition) is 3. The molecule has 3 rings (SSSR count). The summed E-state index contributed by atoms with van der Waals surface area (Å²) in [5.74, 6) is 2.88. The summed E-state index contributed by atoms with van der Waals surface area (Å²) in [7, 11) is -0.894. The predicted octanol–water partition coefficient (Wildman–Crippen LogP) is 3.11. The fourth-order valence-electron chi connectivity index (χ4n) is 3.01. The third kappa shape index (κ3) is 7.09. The first kappa shape index (κ1) is 22.7. The highest BCUT2D eigenvalue weighted by molar-refractivity contribution is 14.0. The SMILES string of the molecule is CCNC(=NCC1Cc2ccccc2O1)NCCS(=O)Cc1ccccc1.I. The molecule has 7 heteroatoms. The Morgan fingerprint density at radius 1 is 1.14 bits per heavy atom. The smallest absolute Gasteiger partial charge is 0.191 e. The van der Waals surface area contributed by atoms with Crippen LogP contribution in [0.1, 0.15) is 18.1 Å². The van der Waals surface area contributed by atoms with Crippen molar-refractivity contribution in [1.29, 1.82) is 0 Å². The van der Waals surface area contributed by atoms with E-state index in [1.54, 1.807) is 0 Å². The summed E-state index contributed by atoms with van der Waals surface area (Å²) in [6.45, 7) is 4.03. The van der Waals surface area contributed by atoms with Crippen LogP contribution in [0.4, 0.5) is 0 Å². The minimum Gasteiger partial charge on any atom is -0.488 e. The molecule has 5 nitrogen and oxygen atoms in total. The minimum atomic E-state index is -0.894. The number of aliphatic imine (C=N–C) groups is 1. The Bertz CT molecular complexity index is 761. The van der Waals surface area contributed by atoms with Crippen molar-refractivity contribution in [3.8, 4) is 5.75 Å². The van der Waals surface area contributed by atoms with E-state index in [1.165, 1.54) is 5.56 Å². The van der Waals surface area contributed by atoms with Crippen LogP contribution in [0.2, 0.25) is 0 Å². The zero-order chi connectivity index (χ0) is 18.9. The summed E-state index contributed by atoms with van der Waals surface area (Å²) in [6, 6.07) is 18.1. The van der Waals surface area contributed by atoms with Crippen LogP contribution in [0.5, 0.6) is 5.75 Å². The van der Waals surface area contributed by atoms with Crippen molar-refractivity contribution in [1.82, 2.24) is 10.6 Å². The van der Waals surface area contributed by atoms with Crippen LogP contribution in [-0.2, 0) is 23.0 Å². The van der Waals surface area contributed by atoms with Gasteiger partial charge in [0, 0.05) is 41.8 Å². The van der Waals surface area contributed by atoms with Gasteiger partial charge in [-0.15, -0.1) is 24.0 Å². The van der Waals surface area contributed by atoms with E-state index < -0.39 is 10.8 Å². The number of halogens is 1. The fourth-order valence-corrected chi connectivity index (χ4v) is 4.04. The molecule has 2 aromatic rings. The zero-order valence-corrected chi connectivity index (χ0v) is 19.2. The van der Waals surface area contributed by atoms with Crippen LogP contribution in [0.3, 0.4) is 0 Å². The molecule has 152 valence electrons. The number of nitrogens with zero attached hydrogens (tertiary/aromatic N) is 1. The fraction of sp³-hybridized carbons (Fsp3) is 0.381. The van der Waals surface area contributed by atoms with Crippen LogP contribution in [0.15, 0.2) is 59.6 Å². The van der Waals surface area contributed by atoms with Gasteiger partial charge in [0.25, 0.3) is 0 Å². The van der Waals surface area contributed by atoms with Gasteiger partial charge in [-0.1, -0.05) is 48.5 Å². The van der Waals surface area contributed by atoms with Crippen molar-refractivity contribution >= 4 is 40.7 Å². The van der Waals surface area contributed by atoms with Gasteiger partial charge in [-0.05, 0) is 24.1 Å². The molecule has 1 aliphatic heterocycles. The average molecular weight is 513 g/mol. The molecule has 0 radical (unpaired) electrons. The predicted molar refractivity (Wildman–Crippen MR) is 127 cm³/mol. The molecule has 1 aliphatic rings. The second-order valence-corrected chi connectivity index (χ2v) is 8.05. The highest BCUT2D eigenvalue weighted by Gasteiger charge is 2.21. The Morgan fingerprint density at radius 3 is 2.64 bits per heavy atom. The lowest BCUT2D eigenvalue weighted by Crippen LogP contribution is -2.40. The standard InChI is InChI=1S/C21H27N3O2S.HI/c1-2-22-21(23-12-13-27(25)16-17-8-4-3-5-9-17)24-15-19-14-18-10-6-7-11-20(18)26-19;/h3-11,19H,2,12-16H2,1H3,(H2,22,23,24);1H. The number of ether oxygens (including phenoxy) is 1. The average Bonchev–Trinajstić information content (AvgIpc) is 3.10. The lowest BCUT2D eigenvalue weighted by Gasteiger charge is -2.13. The van der Waals surface area contributed by atoms with Crippen molar-refractivity contribution in [2.75, 3.05) is 25.4 Å². The summed E-state index contributed by atoms with van der Waals surface area (Å²) >= 11 is 0. The van der Waals surface area contributed by atoms with Crippen molar-refractivity contribution in [2.45, 2.75) is 25.2 Å². The van der Waals surface area contributed by atoms with E-state index >= 15 is 0 Å². The lowest BCUT2D eigenvalue weighted by molar-refractivity contribution is 0.241. The number of benzene rings is 2. The topological polar surface area (TPSA) is 62.7 Å². The van der Waals surface area contributed by atoms with E-state index in [1.807, 2.05) is 55.5 Å². The molecule has 1 heterocycles. The normalized spacial score (nSPS) is 16.5. The number of hydrogen-bond donors (Lipinski definition) is 2. The Kier molecular flexibility index (Phi) is 9.77. The van der Waals surface area contributed by atoms with Crippen molar-refractivity contribution < 1.29 is 8.95 Å². The Labute approximate surface area is 186 Å². The summed E-state index contributed by atoms with van der Waals surface area (Å²) in [5, 5.41) is 6.51. The van der Waals surface area contributed by atoms with E-state index in [9.17, 15) is 4.21 Å². The summed E-state index contributed by atoms with van der Waals surface area (Å²) < 4.78 is 18.2. The molecule has 0 aliphatic carbocycles. The molecule has 0 spiro atoms. The van der Waals surface area contributed by atoms with Crippen molar-refractivity contribution in [3.05, 3.63) is 65.7 Å². The Hall–Kier alpha value is -1.61. The van der Waals surface area contributed by atoms with Gasteiger partial charge in [0.15, 0.2) is 5.96 Å². The van der Waals surface area contributed by atoms with Crippen LogP contribution in [0.25, 0.3) is 0 Å². The van der Waals surface area contributed by atoms with E-state index in [0.29, 0.717) is 24.6 Å². The molecular weight excluding hydrogens is 485 g/mol. The molecule has 0 saturated carbocycles. The van der Waals surface area contributed by atoms with E-state index in [4.69, 9.17) is 4.74 Å². The van der Waals surface area contributed by atoms with Gasteiger partial charge in [0.2, 0.25) is 0 Å². The second kappa shape index (κ2) is 12.1. The van der Waals surface area contributed by atoms with Gasteiger partial charge in [-0.2, -0.15) is 0 Å². The molecule has 2 aromatic carbocycles. The molecular formula is C21H28IN3O2S. The molecule has 2 atom stereocenters. The molecule has 0 amide bonds. The third-order valence-corrected chi connectivity index (χ3v) is 5.62. The highest BCUT2D eigenvalue weighted by atomic mass is 127. The maximum atomic E-state index is 12.2. The van der Waals surface area contributed by atoms with Gasteiger partial charge in [-0.3, -0.25) is 4.21 Å². The zero-order valence-electron chi connectivity index (χ0n) is 16.1. The molecule has 28 heavy (non-hydrogen) atoms. The van der Waals surface area contributed by atoms with E-state index in [0.717, 1.165) is 30.2 Å². The highest BCUT2D eigenvalue weighted by Crippen LogP contribution is 2.28.